The van der Waals surface area contributed by atoms with Crippen molar-refractivity contribution in [3.63, 3.8) is 0 Å². The van der Waals surface area contributed by atoms with Crippen molar-refractivity contribution in [1.82, 2.24) is 0 Å². The van der Waals surface area contributed by atoms with Gasteiger partial charge in [0.15, 0.2) is 5.12 Å². The minimum Gasteiger partial charge on any atom is -0.286 e. The van der Waals surface area contributed by atoms with Crippen LogP contribution in [0.2, 0.25) is 0 Å². The van der Waals surface area contributed by atoms with Crippen LogP contribution in [0.1, 0.15) is 30.4 Å². The molecule has 3 aliphatic rings. The molecule has 3 heterocycles. The van der Waals surface area contributed by atoms with Crippen LogP contribution in [0, 0.1) is 5.41 Å². The van der Waals surface area contributed by atoms with Gasteiger partial charge in [-0.05, 0) is 17.5 Å². The maximum Gasteiger partial charge on any atom is 0.197 e. The molecule has 3 aliphatic heterocycles. The lowest BCUT2D eigenvalue weighted by Crippen LogP contribution is -2.50. The molecule has 0 amide bonds. The van der Waals surface area contributed by atoms with Crippen molar-refractivity contribution in [2.45, 2.75) is 23.3 Å². The minimum absolute atomic E-state index is 0.114. The van der Waals surface area contributed by atoms with Gasteiger partial charge >= 0.3 is 0 Å². The van der Waals surface area contributed by atoms with E-state index in [1.54, 1.807) is 11.8 Å². The zero-order valence-electron chi connectivity index (χ0n) is 12.5. The second kappa shape index (κ2) is 5.17. The van der Waals surface area contributed by atoms with Gasteiger partial charge in [-0.25, -0.2) is 0 Å². The quantitative estimate of drug-likeness (QED) is 0.769. The predicted octanol–water partition coefficient (Wildman–Crippen LogP) is 5.04. The van der Waals surface area contributed by atoms with Crippen molar-refractivity contribution in [1.29, 1.82) is 0 Å². The molecule has 22 heavy (non-hydrogen) atoms. The molecular formula is C19H18OS2. The van der Waals surface area contributed by atoms with Crippen molar-refractivity contribution in [3.05, 3.63) is 71.8 Å². The Balaban J connectivity index is 1.80. The van der Waals surface area contributed by atoms with Crippen molar-refractivity contribution in [3.8, 4) is 0 Å². The largest absolute Gasteiger partial charge is 0.286 e. The highest BCUT2D eigenvalue weighted by atomic mass is 32.2. The number of hydrogen-bond acceptors (Lipinski definition) is 3. The Kier molecular flexibility index (Phi) is 3.39. The van der Waals surface area contributed by atoms with E-state index in [1.807, 2.05) is 23.9 Å². The Morgan fingerprint density at radius 1 is 1.00 bits per heavy atom. The number of rotatable bonds is 2. The number of fused-ring (bicyclic) bond motifs is 3. The van der Waals surface area contributed by atoms with E-state index in [1.165, 1.54) is 11.1 Å². The van der Waals surface area contributed by atoms with Gasteiger partial charge < -0.3 is 0 Å². The summed E-state index contributed by atoms with van der Waals surface area (Å²) in [7, 11) is 0. The monoisotopic (exact) mass is 326 g/mol. The van der Waals surface area contributed by atoms with Gasteiger partial charge in [0, 0.05) is 11.7 Å². The highest BCUT2D eigenvalue weighted by Gasteiger charge is 2.59. The molecule has 1 nitrogen and oxygen atoms in total. The number of hydrogen-bond donors (Lipinski definition) is 0. The van der Waals surface area contributed by atoms with Crippen molar-refractivity contribution in [2.24, 2.45) is 5.41 Å². The van der Waals surface area contributed by atoms with Crippen LogP contribution in [-0.2, 0) is 8.87 Å². The van der Waals surface area contributed by atoms with Crippen LogP contribution in [0.15, 0.2) is 60.7 Å². The van der Waals surface area contributed by atoms with Crippen LogP contribution in [0.25, 0.3) is 0 Å². The molecule has 3 saturated heterocycles. The summed E-state index contributed by atoms with van der Waals surface area (Å²) in [5.41, 5.74) is 2.34. The van der Waals surface area contributed by atoms with Gasteiger partial charge in [0.05, 0.1) is 9.49 Å². The van der Waals surface area contributed by atoms with Crippen LogP contribution >= 0.6 is 23.5 Å². The number of carbonyl (C=O) groups is 1. The lowest BCUT2D eigenvalue weighted by molar-refractivity contribution is -0.120. The number of carbonyl (C=O) groups excluding carboxylic acids is 1. The molecule has 0 spiro atoms. The Morgan fingerprint density at radius 2 is 1.64 bits per heavy atom. The lowest BCUT2D eigenvalue weighted by Gasteiger charge is -2.54. The van der Waals surface area contributed by atoms with Crippen LogP contribution < -0.4 is 0 Å². The Morgan fingerprint density at radius 3 is 2.27 bits per heavy atom. The summed E-state index contributed by atoms with van der Waals surface area (Å²) in [6, 6.07) is 21.1. The summed E-state index contributed by atoms with van der Waals surface area (Å²) in [4.78, 5) is 12.9. The van der Waals surface area contributed by atoms with Gasteiger partial charge in [-0.2, -0.15) is 0 Å². The van der Waals surface area contributed by atoms with Gasteiger partial charge in [0.25, 0.3) is 0 Å². The third kappa shape index (κ3) is 2.06. The first-order valence-electron chi connectivity index (χ1n) is 7.62. The zero-order chi connectivity index (χ0) is 15.2. The number of thioether (sulfide) groups is 2. The van der Waals surface area contributed by atoms with Crippen LogP contribution in [-0.4, -0.2) is 10.9 Å². The molecule has 3 fully saturated rings. The van der Waals surface area contributed by atoms with E-state index in [4.69, 9.17) is 0 Å². The van der Waals surface area contributed by atoms with Gasteiger partial charge in [-0.1, -0.05) is 79.3 Å². The van der Waals surface area contributed by atoms with E-state index >= 15 is 0 Å². The van der Waals surface area contributed by atoms with Crippen LogP contribution in [0.5, 0.6) is 0 Å². The topological polar surface area (TPSA) is 17.1 Å². The second-order valence-corrected chi connectivity index (χ2v) is 9.19. The minimum atomic E-state index is -0.243. The van der Waals surface area contributed by atoms with E-state index in [0.717, 1.165) is 12.2 Å². The molecule has 3 heteroatoms. The summed E-state index contributed by atoms with van der Waals surface area (Å²) in [5, 5.41) is 0.357. The van der Waals surface area contributed by atoms with E-state index < -0.39 is 0 Å². The standard InChI is InChI=1S/C19H18OS2/c1-18-13-21-19(22-17(18)20,15-10-6-3-7-11-15)12-16(18)14-8-4-2-5-9-14/h2-11,16H,12-13H2,1H3. The molecule has 0 N–H and O–H groups in total. The summed E-state index contributed by atoms with van der Waals surface area (Å²) in [6.07, 6.45) is 1.03. The van der Waals surface area contributed by atoms with E-state index in [9.17, 15) is 4.79 Å². The summed E-state index contributed by atoms with van der Waals surface area (Å²) >= 11 is 3.51. The third-order valence-electron chi connectivity index (χ3n) is 4.99. The average Bonchev–Trinajstić information content (AvgIpc) is 2.58. The molecule has 2 aromatic carbocycles. The average molecular weight is 326 g/mol. The first-order valence-corrected chi connectivity index (χ1v) is 9.42. The summed E-state index contributed by atoms with van der Waals surface area (Å²) in [6.45, 7) is 2.15. The molecule has 5 rings (SSSR count). The first kappa shape index (κ1) is 14.4. The summed E-state index contributed by atoms with van der Waals surface area (Å²) < 4.78 is -0.114. The summed E-state index contributed by atoms with van der Waals surface area (Å²) in [5.74, 6) is 1.22. The fourth-order valence-corrected chi connectivity index (χ4v) is 7.02. The normalized spacial score (nSPS) is 33.9. The Hall–Kier alpha value is -1.19. The Bertz CT molecular complexity index is 700. The molecule has 2 aromatic rings. The molecular weight excluding hydrogens is 308 g/mol. The molecule has 2 bridgehead atoms. The SMILES string of the molecule is CC12CSC(c3ccccc3)(CC1c1ccccc1)SC2=O. The predicted molar refractivity (Wildman–Crippen MR) is 95.1 cm³/mol. The highest BCUT2D eigenvalue weighted by molar-refractivity contribution is 8.26. The van der Waals surface area contributed by atoms with E-state index in [0.29, 0.717) is 11.0 Å². The van der Waals surface area contributed by atoms with Gasteiger partial charge in [0.1, 0.15) is 0 Å². The smallest absolute Gasteiger partial charge is 0.197 e. The molecule has 3 unspecified atom stereocenters. The lowest BCUT2D eigenvalue weighted by atomic mass is 9.71. The molecule has 0 radical (unpaired) electrons. The highest BCUT2D eigenvalue weighted by Crippen LogP contribution is 2.68. The first-order chi connectivity index (χ1) is 10.6. The molecule has 0 saturated carbocycles. The van der Waals surface area contributed by atoms with E-state index in [-0.39, 0.29) is 9.49 Å². The maximum atomic E-state index is 12.9. The maximum absolute atomic E-state index is 12.9. The molecule has 0 aromatic heterocycles. The zero-order valence-corrected chi connectivity index (χ0v) is 14.1. The fourth-order valence-electron chi connectivity index (χ4n) is 3.58. The van der Waals surface area contributed by atoms with Crippen molar-refractivity contribution >= 4 is 28.6 Å². The second-order valence-electron chi connectivity index (χ2n) is 6.38. The van der Waals surface area contributed by atoms with Crippen LogP contribution in [0.3, 0.4) is 0 Å². The molecule has 112 valence electrons. The molecule has 3 atom stereocenters. The van der Waals surface area contributed by atoms with Crippen molar-refractivity contribution in [2.75, 3.05) is 5.75 Å². The van der Waals surface area contributed by atoms with E-state index in [2.05, 4.69) is 55.5 Å². The van der Waals surface area contributed by atoms with Gasteiger partial charge in [-0.3, -0.25) is 4.79 Å². The van der Waals surface area contributed by atoms with Crippen LogP contribution in [0.4, 0.5) is 0 Å². The van der Waals surface area contributed by atoms with Gasteiger partial charge in [-0.15, -0.1) is 11.8 Å². The Labute approximate surface area is 139 Å². The third-order valence-corrected chi connectivity index (χ3v) is 8.59. The van der Waals surface area contributed by atoms with Gasteiger partial charge in [0.2, 0.25) is 0 Å². The molecule has 0 aliphatic carbocycles. The fraction of sp³-hybridized carbons (Fsp3) is 0.316. The van der Waals surface area contributed by atoms with Crippen molar-refractivity contribution < 1.29 is 4.79 Å². The number of benzene rings is 2.